The molecule has 0 saturated carbocycles. The van der Waals surface area contributed by atoms with Crippen molar-refractivity contribution in [1.82, 2.24) is 0 Å². The smallest absolute Gasteiger partial charge is 0.123 e. The van der Waals surface area contributed by atoms with Crippen molar-refractivity contribution in [2.45, 2.75) is 33.8 Å². The number of hydrogen-bond donors (Lipinski definition) is 0. The number of rotatable bonds is 3. The molecule has 0 amide bonds. The van der Waals surface area contributed by atoms with E-state index in [1.54, 1.807) is 6.07 Å². The summed E-state index contributed by atoms with van der Waals surface area (Å²) in [4.78, 5) is 0. The van der Waals surface area contributed by atoms with Crippen molar-refractivity contribution in [3.8, 4) is 5.75 Å². The van der Waals surface area contributed by atoms with E-state index >= 15 is 0 Å². The Balaban J connectivity index is 2.77. The molecule has 0 heterocycles. The van der Waals surface area contributed by atoms with Crippen molar-refractivity contribution < 1.29 is 9.13 Å². The fourth-order valence-corrected chi connectivity index (χ4v) is 1.08. The van der Waals surface area contributed by atoms with E-state index in [1.807, 2.05) is 13.8 Å². The average Bonchev–Trinajstić information content (AvgIpc) is 2.09. The summed E-state index contributed by atoms with van der Waals surface area (Å²) in [7, 11) is 0. The molecule has 0 radical (unpaired) electrons. The number of halogens is 1. The van der Waals surface area contributed by atoms with Gasteiger partial charge in [0.05, 0.1) is 6.10 Å². The van der Waals surface area contributed by atoms with Gasteiger partial charge < -0.3 is 4.74 Å². The molecule has 0 aliphatic heterocycles. The Morgan fingerprint density at radius 2 is 1.86 bits per heavy atom. The van der Waals surface area contributed by atoms with Gasteiger partial charge in [-0.15, -0.1) is 0 Å². The zero-order valence-electron chi connectivity index (χ0n) is 9.17. The van der Waals surface area contributed by atoms with Crippen LogP contribution in [0.5, 0.6) is 5.75 Å². The highest BCUT2D eigenvalue weighted by Crippen LogP contribution is 2.21. The van der Waals surface area contributed by atoms with E-state index in [4.69, 9.17) is 4.74 Å². The lowest BCUT2D eigenvalue weighted by Crippen LogP contribution is -2.19. The Labute approximate surface area is 84.9 Å². The van der Waals surface area contributed by atoms with Crippen LogP contribution < -0.4 is 4.74 Å². The summed E-state index contributed by atoms with van der Waals surface area (Å²) < 4.78 is 18.5. The van der Waals surface area contributed by atoms with Gasteiger partial charge in [0.25, 0.3) is 0 Å². The molecule has 0 aromatic heterocycles. The Hall–Kier alpha value is -1.05. The van der Waals surface area contributed by atoms with Crippen molar-refractivity contribution in [2.24, 2.45) is 5.92 Å². The van der Waals surface area contributed by atoms with Gasteiger partial charge in [0, 0.05) is 0 Å². The van der Waals surface area contributed by atoms with Gasteiger partial charge in [0.2, 0.25) is 0 Å². The van der Waals surface area contributed by atoms with Gasteiger partial charge in [-0.05, 0) is 43.5 Å². The van der Waals surface area contributed by atoms with Crippen LogP contribution in [0.2, 0.25) is 0 Å². The molecule has 14 heavy (non-hydrogen) atoms. The van der Waals surface area contributed by atoms with Crippen LogP contribution in [-0.4, -0.2) is 6.10 Å². The lowest BCUT2D eigenvalue weighted by Gasteiger charge is -2.19. The molecular weight excluding hydrogens is 179 g/mol. The van der Waals surface area contributed by atoms with Crippen molar-refractivity contribution in [1.29, 1.82) is 0 Å². The molecule has 0 fully saturated rings. The second-order valence-electron chi connectivity index (χ2n) is 3.98. The molecule has 0 bridgehead atoms. The fourth-order valence-electron chi connectivity index (χ4n) is 1.08. The molecule has 0 aliphatic carbocycles. The molecule has 0 saturated heterocycles. The Bertz CT molecular complexity index is 307. The van der Waals surface area contributed by atoms with E-state index < -0.39 is 0 Å². The zero-order valence-corrected chi connectivity index (χ0v) is 9.17. The summed E-state index contributed by atoms with van der Waals surface area (Å²) in [5.74, 6) is 1.01. The monoisotopic (exact) mass is 196 g/mol. The predicted octanol–water partition coefficient (Wildman–Crippen LogP) is 3.56. The van der Waals surface area contributed by atoms with Crippen molar-refractivity contribution >= 4 is 0 Å². The van der Waals surface area contributed by atoms with Gasteiger partial charge in [0.1, 0.15) is 11.6 Å². The van der Waals surface area contributed by atoms with Gasteiger partial charge in [-0.3, -0.25) is 0 Å². The van der Waals surface area contributed by atoms with Crippen LogP contribution in [0.4, 0.5) is 4.39 Å². The second kappa shape index (κ2) is 4.45. The van der Waals surface area contributed by atoms with Crippen LogP contribution in [-0.2, 0) is 0 Å². The molecule has 78 valence electrons. The molecule has 0 spiro atoms. The lowest BCUT2D eigenvalue weighted by atomic mass is 10.1. The van der Waals surface area contributed by atoms with E-state index in [9.17, 15) is 4.39 Å². The zero-order chi connectivity index (χ0) is 10.7. The molecule has 1 aromatic carbocycles. The Morgan fingerprint density at radius 1 is 1.21 bits per heavy atom. The van der Waals surface area contributed by atoms with Crippen molar-refractivity contribution in [3.63, 3.8) is 0 Å². The quantitative estimate of drug-likeness (QED) is 0.718. The highest BCUT2D eigenvalue weighted by atomic mass is 19.1. The van der Waals surface area contributed by atoms with Crippen LogP contribution in [0.25, 0.3) is 0 Å². The summed E-state index contributed by atoms with van der Waals surface area (Å²) >= 11 is 0. The average molecular weight is 196 g/mol. The minimum atomic E-state index is -0.216. The van der Waals surface area contributed by atoms with Crippen molar-refractivity contribution in [2.75, 3.05) is 0 Å². The standard InChI is InChI=1S/C12H17FO/c1-8(2)10(4)14-12-6-5-11(13)7-9(12)3/h5-8,10H,1-4H3. The van der Waals surface area contributed by atoms with Crippen molar-refractivity contribution in [3.05, 3.63) is 29.6 Å². The lowest BCUT2D eigenvalue weighted by molar-refractivity contribution is 0.169. The minimum absolute atomic E-state index is 0.152. The SMILES string of the molecule is Cc1cc(F)ccc1OC(C)C(C)C. The van der Waals surface area contributed by atoms with Crippen LogP contribution in [0, 0.1) is 18.7 Å². The highest BCUT2D eigenvalue weighted by Gasteiger charge is 2.10. The maximum atomic E-state index is 12.8. The number of hydrogen-bond acceptors (Lipinski definition) is 1. The summed E-state index contributed by atoms with van der Waals surface area (Å²) in [5, 5.41) is 0. The molecule has 1 nitrogen and oxygen atoms in total. The van der Waals surface area contributed by atoms with E-state index in [1.165, 1.54) is 12.1 Å². The summed E-state index contributed by atoms with van der Waals surface area (Å²) in [6.45, 7) is 8.08. The largest absolute Gasteiger partial charge is 0.490 e. The summed E-state index contributed by atoms with van der Waals surface area (Å²) in [5.41, 5.74) is 0.845. The first-order valence-electron chi connectivity index (χ1n) is 4.93. The van der Waals surface area contributed by atoms with Gasteiger partial charge in [0.15, 0.2) is 0 Å². The van der Waals surface area contributed by atoms with Crippen LogP contribution in [0.1, 0.15) is 26.3 Å². The number of benzene rings is 1. The highest BCUT2D eigenvalue weighted by molar-refractivity contribution is 5.32. The fraction of sp³-hybridized carbons (Fsp3) is 0.500. The van der Waals surface area contributed by atoms with Gasteiger partial charge in [-0.25, -0.2) is 4.39 Å². The van der Waals surface area contributed by atoms with E-state index in [0.717, 1.165) is 11.3 Å². The maximum absolute atomic E-state index is 12.8. The third-order valence-electron chi connectivity index (χ3n) is 2.39. The Morgan fingerprint density at radius 3 is 2.36 bits per heavy atom. The molecule has 1 rings (SSSR count). The molecule has 2 heteroatoms. The summed E-state index contributed by atoms with van der Waals surface area (Å²) in [6, 6.07) is 4.60. The first-order chi connectivity index (χ1) is 6.50. The summed E-state index contributed by atoms with van der Waals surface area (Å²) in [6.07, 6.45) is 0.152. The Kier molecular flexibility index (Phi) is 3.50. The normalized spacial score (nSPS) is 13.0. The van der Waals surface area contributed by atoms with Gasteiger partial charge >= 0.3 is 0 Å². The third kappa shape index (κ3) is 2.72. The second-order valence-corrected chi connectivity index (χ2v) is 3.98. The van der Waals surface area contributed by atoms with E-state index in [2.05, 4.69) is 13.8 Å². The van der Waals surface area contributed by atoms with E-state index in [-0.39, 0.29) is 11.9 Å². The van der Waals surface area contributed by atoms with Gasteiger partial charge in [-0.1, -0.05) is 13.8 Å². The number of aryl methyl sites for hydroxylation is 1. The molecule has 1 atom stereocenters. The molecule has 0 aliphatic rings. The van der Waals surface area contributed by atoms with Crippen LogP contribution >= 0.6 is 0 Å². The molecule has 0 N–H and O–H groups in total. The first-order valence-corrected chi connectivity index (χ1v) is 4.93. The predicted molar refractivity (Wildman–Crippen MR) is 56.1 cm³/mol. The van der Waals surface area contributed by atoms with Crippen LogP contribution in [0.3, 0.4) is 0 Å². The minimum Gasteiger partial charge on any atom is -0.490 e. The number of ether oxygens (including phenoxy) is 1. The van der Waals surface area contributed by atoms with Crippen LogP contribution in [0.15, 0.2) is 18.2 Å². The topological polar surface area (TPSA) is 9.23 Å². The van der Waals surface area contributed by atoms with E-state index in [0.29, 0.717) is 5.92 Å². The third-order valence-corrected chi connectivity index (χ3v) is 2.39. The first kappa shape index (κ1) is 11.0. The molecule has 1 aromatic rings. The molecular formula is C12H17FO. The molecule has 1 unspecified atom stereocenters. The maximum Gasteiger partial charge on any atom is 0.123 e. The van der Waals surface area contributed by atoms with Gasteiger partial charge in [-0.2, -0.15) is 0 Å².